The fraction of sp³-hybridized carbons (Fsp3) is 0. The molecule has 0 heterocycles. The minimum atomic E-state index is 1.25. The van der Waals surface area contributed by atoms with E-state index < -0.39 is 0 Å². The minimum absolute atomic E-state index is 1.25. The smallest absolute Gasteiger partial charge is 0.159 e. The summed E-state index contributed by atoms with van der Waals surface area (Å²) in [6.45, 7) is 0. The predicted molar refractivity (Wildman–Crippen MR) is 16.5 cm³/mol. The first-order valence-electron chi connectivity index (χ1n) is 1.24. The molecule has 4 N–H and O–H groups in total. The Balaban J connectivity index is 3.26. The second-order valence-corrected chi connectivity index (χ2v) is 0.500. The SMILES string of the molecule is [NH2+]C=C=C[NH2+]. The zero-order valence-corrected chi connectivity index (χ0v) is 2.81. The van der Waals surface area contributed by atoms with Crippen LogP contribution in [0.25, 0.3) is 0 Å². The summed E-state index contributed by atoms with van der Waals surface area (Å²) in [4.78, 5) is 0. The van der Waals surface area contributed by atoms with Gasteiger partial charge in [0.15, 0.2) is 12.4 Å². The van der Waals surface area contributed by atoms with E-state index in [1.165, 1.54) is 12.4 Å². The van der Waals surface area contributed by atoms with Crippen molar-refractivity contribution in [3.63, 3.8) is 0 Å². The van der Waals surface area contributed by atoms with Gasteiger partial charge in [0.2, 0.25) is 0 Å². The molecule has 0 atom stereocenters. The van der Waals surface area contributed by atoms with Gasteiger partial charge in [0.05, 0.1) is 0 Å². The lowest BCUT2D eigenvalue weighted by Gasteiger charge is -1.37. The highest BCUT2D eigenvalue weighted by atomic mass is 14.5. The third kappa shape index (κ3) is 3.44. The molecule has 0 aromatic carbocycles. The highest BCUT2D eigenvalue weighted by Crippen LogP contribution is 1.32. The molecule has 26 valence electrons. The van der Waals surface area contributed by atoms with Gasteiger partial charge in [-0.15, -0.1) is 0 Å². The predicted octanol–water partition coefficient (Wildman–Crippen LogP) is -2.33. The van der Waals surface area contributed by atoms with Crippen molar-refractivity contribution in [2.75, 3.05) is 0 Å². The van der Waals surface area contributed by atoms with Gasteiger partial charge in [0.1, 0.15) is 0 Å². The molecule has 0 spiro atoms. The molecule has 0 unspecified atom stereocenters. The van der Waals surface area contributed by atoms with Crippen LogP contribution in [0.1, 0.15) is 0 Å². The second-order valence-electron chi connectivity index (χ2n) is 0.500. The van der Waals surface area contributed by atoms with E-state index in [4.69, 9.17) is 11.5 Å². The van der Waals surface area contributed by atoms with Gasteiger partial charge in [-0.1, -0.05) is 0 Å². The van der Waals surface area contributed by atoms with E-state index in [-0.39, 0.29) is 0 Å². The normalized spacial score (nSPS) is 5.20. The summed E-state index contributed by atoms with van der Waals surface area (Å²) in [5, 5.41) is 0. The van der Waals surface area contributed by atoms with Crippen molar-refractivity contribution in [1.29, 1.82) is 0 Å². The van der Waals surface area contributed by atoms with Crippen molar-refractivity contribution < 1.29 is 11.5 Å². The monoisotopic (exact) mass is 70.1 g/mol. The van der Waals surface area contributed by atoms with Crippen molar-refractivity contribution in [2.45, 2.75) is 0 Å². The van der Waals surface area contributed by atoms with E-state index in [2.05, 4.69) is 5.73 Å². The quantitative estimate of drug-likeness (QED) is 0.300. The first kappa shape index (κ1) is 4.44. The molecule has 0 aliphatic heterocycles. The van der Waals surface area contributed by atoms with Crippen molar-refractivity contribution in [3.8, 4) is 0 Å². The van der Waals surface area contributed by atoms with Crippen LogP contribution in [-0.4, -0.2) is 0 Å². The summed E-state index contributed by atoms with van der Waals surface area (Å²) in [5.41, 5.74) is 12.0. The Kier molecular flexibility index (Phi) is 3.05. The second kappa shape index (κ2) is 3.44. The summed E-state index contributed by atoms with van der Waals surface area (Å²) >= 11 is 0. The molecule has 2 heteroatoms. The molecule has 2 nitrogen and oxygen atoms in total. The molecule has 0 rings (SSSR count). The van der Waals surface area contributed by atoms with E-state index >= 15 is 0 Å². The molecule has 0 fully saturated rings. The minimum Gasteiger partial charge on any atom is -0.159 e. The van der Waals surface area contributed by atoms with Crippen LogP contribution in [0, 0.1) is 0 Å². The third-order valence-corrected chi connectivity index (χ3v) is 0.192. The Bertz CT molecular complexity index is 53.3. The van der Waals surface area contributed by atoms with Crippen LogP contribution in [-0.2, 0) is 0 Å². The van der Waals surface area contributed by atoms with Crippen LogP contribution in [0.2, 0.25) is 0 Å². The molecule has 0 aliphatic rings. The van der Waals surface area contributed by atoms with E-state index in [9.17, 15) is 0 Å². The zero-order valence-electron chi connectivity index (χ0n) is 2.81. The van der Waals surface area contributed by atoms with Gasteiger partial charge in [-0.3, -0.25) is 0 Å². The third-order valence-electron chi connectivity index (χ3n) is 0.192. The maximum Gasteiger partial charge on any atom is 0.189 e. The first-order chi connectivity index (χ1) is 2.41. The molecule has 0 aromatic rings. The van der Waals surface area contributed by atoms with E-state index in [1.54, 1.807) is 0 Å². The molecule has 0 saturated heterocycles. The Hall–Kier alpha value is -0.560. The van der Waals surface area contributed by atoms with Crippen LogP contribution in [0.3, 0.4) is 0 Å². The lowest BCUT2D eigenvalue weighted by Crippen LogP contribution is -2.41. The topological polar surface area (TPSA) is 50.6 Å². The van der Waals surface area contributed by atoms with E-state index in [0.29, 0.717) is 0 Å². The maximum absolute atomic E-state index is 4.79. The molecule has 2 radical (unpaired) electrons. The van der Waals surface area contributed by atoms with Crippen LogP contribution in [0.5, 0.6) is 0 Å². The Labute approximate surface area is 30.8 Å². The lowest BCUT2D eigenvalue weighted by atomic mass is 10.8. The molecular weight excluding hydrogens is 64.0 g/mol. The largest absolute Gasteiger partial charge is 0.189 e. The summed E-state index contributed by atoms with van der Waals surface area (Å²) < 4.78 is 0. The molecule has 0 saturated carbocycles. The molecule has 5 heavy (non-hydrogen) atoms. The molecule has 0 aromatic heterocycles. The summed E-state index contributed by atoms with van der Waals surface area (Å²) in [6, 6.07) is 0. The highest BCUT2D eigenvalue weighted by Gasteiger charge is 1.48. The summed E-state index contributed by atoms with van der Waals surface area (Å²) in [7, 11) is 0. The Morgan fingerprint density at radius 3 is 1.60 bits per heavy atom. The van der Waals surface area contributed by atoms with Crippen LogP contribution >= 0.6 is 0 Å². The lowest BCUT2D eigenvalue weighted by molar-refractivity contribution is -0.282. The number of rotatable bonds is 0. The van der Waals surface area contributed by atoms with Gasteiger partial charge in [-0.25, -0.2) is 0 Å². The Morgan fingerprint density at radius 2 is 1.60 bits per heavy atom. The van der Waals surface area contributed by atoms with Crippen LogP contribution in [0.15, 0.2) is 18.1 Å². The average Bonchev–Trinajstić information content (AvgIpc) is 1.41. The van der Waals surface area contributed by atoms with Gasteiger partial charge in [0.25, 0.3) is 0 Å². The highest BCUT2D eigenvalue weighted by molar-refractivity contribution is 4.63. The van der Waals surface area contributed by atoms with Crippen molar-refractivity contribution in [1.82, 2.24) is 0 Å². The molecular formula is C3H6N2+2. The fourth-order valence-electron chi connectivity index (χ4n) is 0.0556. The zero-order chi connectivity index (χ0) is 4.12. The van der Waals surface area contributed by atoms with Crippen LogP contribution in [0.4, 0.5) is 0 Å². The number of hydrogen-bond acceptors (Lipinski definition) is 2. The van der Waals surface area contributed by atoms with Crippen molar-refractivity contribution in [2.24, 2.45) is 0 Å². The van der Waals surface area contributed by atoms with Gasteiger partial charge in [-0.2, -0.15) is 11.5 Å². The summed E-state index contributed by atoms with van der Waals surface area (Å²) in [5.74, 6) is 0. The van der Waals surface area contributed by atoms with Crippen molar-refractivity contribution >= 4 is 0 Å². The Morgan fingerprint density at radius 1 is 1.20 bits per heavy atom. The standard InChI is InChI=1S/C3H6N2/c4-2-1-3-5/h2-3H,4-5H2/q+2. The molecule has 0 aliphatic carbocycles. The van der Waals surface area contributed by atoms with E-state index in [0.717, 1.165) is 0 Å². The average molecular weight is 70.1 g/mol. The molecule has 0 bridgehead atoms. The fourth-order valence-corrected chi connectivity index (χ4v) is 0.0556. The van der Waals surface area contributed by atoms with Gasteiger partial charge >= 0.3 is 0 Å². The first-order valence-corrected chi connectivity index (χ1v) is 1.24. The van der Waals surface area contributed by atoms with Crippen LogP contribution < -0.4 is 11.5 Å². The van der Waals surface area contributed by atoms with Gasteiger partial charge in [-0.05, 0) is 0 Å². The van der Waals surface area contributed by atoms with Crippen molar-refractivity contribution in [3.05, 3.63) is 18.1 Å². The maximum atomic E-state index is 4.79. The number of hydrogen-bond donors (Lipinski definition) is 2. The van der Waals surface area contributed by atoms with Gasteiger partial charge < -0.3 is 0 Å². The molecule has 0 amide bonds. The number of nitrogens with two attached hydrogens (primary N) is 2. The van der Waals surface area contributed by atoms with E-state index in [1.807, 2.05) is 0 Å². The van der Waals surface area contributed by atoms with Gasteiger partial charge in [0, 0.05) is 5.73 Å². The summed E-state index contributed by atoms with van der Waals surface area (Å²) in [6.07, 6.45) is 2.50.